The van der Waals surface area contributed by atoms with Gasteiger partial charge in [-0.15, -0.1) is 0 Å². The van der Waals surface area contributed by atoms with Crippen LogP contribution in [0.5, 0.6) is 0 Å². The molecule has 0 radical (unpaired) electrons. The minimum absolute atomic E-state index is 0.00677. The summed E-state index contributed by atoms with van der Waals surface area (Å²) in [5.74, 6) is -2.34. The quantitative estimate of drug-likeness (QED) is 0.409. The summed E-state index contributed by atoms with van der Waals surface area (Å²) >= 11 is 0. The van der Waals surface area contributed by atoms with E-state index in [2.05, 4.69) is 20.7 Å². The van der Waals surface area contributed by atoms with E-state index >= 15 is 0 Å². The molecule has 1 fully saturated rings. The number of hydrogen-bond acceptors (Lipinski definition) is 10. The van der Waals surface area contributed by atoms with Crippen molar-refractivity contribution in [3.8, 4) is 0 Å². The average molecular weight is 671 g/mol. The van der Waals surface area contributed by atoms with E-state index in [1.807, 2.05) is 0 Å². The number of cyclic esters (lactones) is 1. The molecule has 0 spiro atoms. The maximum absolute atomic E-state index is 14.8. The summed E-state index contributed by atoms with van der Waals surface area (Å²) < 4.78 is 33.1. The van der Waals surface area contributed by atoms with Crippen LogP contribution in [-0.2, 0) is 32.5 Å². The lowest BCUT2D eigenvalue weighted by molar-refractivity contribution is -0.159. The molecule has 0 aromatic carbocycles. The average Bonchev–Trinajstić information content (AvgIpc) is 3.80. The number of halogens is 1. The van der Waals surface area contributed by atoms with Gasteiger partial charge in [0.25, 0.3) is 5.91 Å². The molecule has 1 saturated heterocycles. The molecule has 0 saturated carbocycles. The number of anilines is 1. The molecule has 14 nitrogen and oxygen atoms in total. The highest BCUT2D eigenvalue weighted by Crippen LogP contribution is 2.26. The van der Waals surface area contributed by atoms with Crippen LogP contribution in [0.4, 0.5) is 15.0 Å². The van der Waals surface area contributed by atoms with Crippen LogP contribution in [0.3, 0.4) is 0 Å². The van der Waals surface area contributed by atoms with Gasteiger partial charge in [-0.1, -0.05) is 43.7 Å². The smallest absolute Gasteiger partial charge is 0.412 e. The Kier molecular flexibility index (Phi) is 12.7. The molecule has 4 rings (SSSR count). The summed E-state index contributed by atoms with van der Waals surface area (Å²) in [6.07, 6.45) is 6.86. The number of nitrogens with zero attached hydrogens (tertiary/aromatic N) is 4. The van der Waals surface area contributed by atoms with Gasteiger partial charge in [-0.3, -0.25) is 19.6 Å². The third-order valence-corrected chi connectivity index (χ3v) is 7.98. The monoisotopic (exact) mass is 670 g/mol. The fourth-order valence-corrected chi connectivity index (χ4v) is 5.56. The number of rotatable bonds is 4. The number of nitrogens with one attached hydrogen (secondary N) is 2. The summed E-state index contributed by atoms with van der Waals surface area (Å²) in [5, 5.41) is 19.7. The number of hydrogen-bond donors (Lipinski definition) is 3. The number of ether oxygens (including phenoxy) is 2. The summed E-state index contributed by atoms with van der Waals surface area (Å²) in [6, 6.07) is 0.682. The number of aryl methyl sites for hydroxylation is 1. The van der Waals surface area contributed by atoms with Gasteiger partial charge in [0, 0.05) is 50.7 Å². The summed E-state index contributed by atoms with van der Waals surface area (Å²) in [4.78, 5) is 57.5. The number of oxazole rings is 1. The number of allylic oxidation sites excluding steroid dienone is 2. The van der Waals surface area contributed by atoms with E-state index in [1.165, 1.54) is 21.7 Å². The van der Waals surface area contributed by atoms with Crippen molar-refractivity contribution in [1.82, 2.24) is 25.0 Å². The summed E-state index contributed by atoms with van der Waals surface area (Å²) in [6.45, 7) is 5.58. The van der Waals surface area contributed by atoms with Crippen LogP contribution < -0.4 is 10.6 Å². The van der Waals surface area contributed by atoms with Crippen LogP contribution in [-0.4, -0.2) is 92.8 Å². The molecule has 15 heteroatoms. The van der Waals surface area contributed by atoms with Crippen molar-refractivity contribution in [3.63, 3.8) is 0 Å². The molecule has 48 heavy (non-hydrogen) atoms. The predicted octanol–water partition coefficient (Wildman–Crippen LogP) is 3.27. The highest BCUT2D eigenvalue weighted by Gasteiger charge is 2.39. The zero-order valence-corrected chi connectivity index (χ0v) is 27.5. The SMILES string of the molecule is CC1=C[C@@H](O)C[C@@H](F)Cc2nc(co2)C(=O)N2CCC[C@@H]2C(=O)O[C@H]([C@H](C)COC(=O)Nc2ccn(C)n2)[C@H](C)/C=C/C(=O)NCC=C1. The predicted molar refractivity (Wildman–Crippen MR) is 171 cm³/mol. The first kappa shape index (κ1) is 36.1. The van der Waals surface area contributed by atoms with Gasteiger partial charge >= 0.3 is 12.1 Å². The second-order valence-electron chi connectivity index (χ2n) is 12.1. The van der Waals surface area contributed by atoms with Gasteiger partial charge in [-0.25, -0.2) is 19.0 Å². The van der Waals surface area contributed by atoms with Crippen molar-refractivity contribution in [2.24, 2.45) is 18.9 Å². The van der Waals surface area contributed by atoms with Crippen LogP contribution in [0.15, 0.2) is 58.9 Å². The molecule has 0 aliphatic carbocycles. The molecular weight excluding hydrogens is 627 g/mol. The molecule has 2 bridgehead atoms. The first-order valence-electron chi connectivity index (χ1n) is 15.9. The normalized spacial score (nSPS) is 26.1. The Bertz CT molecular complexity index is 1530. The fraction of sp³-hybridized carbons (Fsp3) is 0.515. The van der Waals surface area contributed by atoms with E-state index in [-0.39, 0.29) is 44.1 Å². The molecule has 2 aliphatic rings. The Morgan fingerprint density at radius 2 is 2.08 bits per heavy atom. The van der Waals surface area contributed by atoms with E-state index in [0.29, 0.717) is 24.2 Å². The minimum Gasteiger partial charge on any atom is -0.460 e. The highest BCUT2D eigenvalue weighted by molar-refractivity contribution is 5.95. The third kappa shape index (κ3) is 10.4. The molecule has 0 unspecified atom stereocenters. The minimum atomic E-state index is -1.50. The van der Waals surface area contributed by atoms with Gasteiger partial charge in [-0.2, -0.15) is 5.10 Å². The number of aliphatic hydroxyl groups excluding tert-OH is 1. The molecule has 2 aromatic rings. The number of carbonyl (C=O) groups excluding carboxylic acids is 4. The van der Waals surface area contributed by atoms with Gasteiger partial charge in [0.1, 0.15) is 24.6 Å². The largest absolute Gasteiger partial charge is 0.460 e. The number of carbonyl (C=O) groups is 4. The van der Waals surface area contributed by atoms with Gasteiger partial charge in [0.05, 0.1) is 19.1 Å². The Labute approximate surface area is 278 Å². The van der Waals surface area contributed by atoms with Crippen LogP contribution in [0.1, 0.15) is 56.4 Å². The van der Waals surface area contributed by atoms with Crippen LogP contribution in [0, 0.1) is 11.8 Å². The van der Waals surface area contributed by atoms with Crippen molar-refractivity contribution in [2.45, 2.75) is 70.9 Å². The number of esters is 1. The van der Waals surface area contributed by atoms with E-state index in [1.54, 1.807) is 58.3 Å². The zero-order chi connectivity index (χ0) is 34.8. The lowest BCUT2D eigenvalue weighted by atomic mass is 9.93. The zero-order valence-electron chi connectivity index (χ0n) is 27.5. The van der Waals surface area contributed by atoms with Crippen LogP contribution in [0.25, 0.3) is 0 Å². The van der Waals surface area contributed by atoms with E-state index in [4.69, 9.17) is 13.9 Å². The Morgan fingerprint density at radius 3 is 2.83 bits per heavy atom. The van der Waals surface area contributed by atoms with Crippen molar-refractivity contribution >= 4 is 29.7 Å². The van der Waals surface area contributed by atoms with Crippen molar-refractivity contribution in [1.29, 1.82) is 0 Å². The van der Waals surface area contributed by atoms with Gasteiger partial charge in [0.15, 0.2) is 17.4 Å². The van der Waals surface area contributed by atoms with Gasteiger partial charge < -0.3 is 29.2 Å². The van der Waals surface area contributed by atoms with Crippen LogP contribution >= 0.6 is 0 Å². The third-order valence-electron chi connectivity index (χ3n) is 7.98. The molecule has 6 atom stereocenters. The molecule has 3 amide bonds. The van der Waals surface area contributed by atoms with Crippen molar-refractivity contribution in [3.05, 3.63) is 66.1 Å². The molecular formula is C33H43FN6O8. The van der Waals surface area contributed by atoms with Crippen molar-refractivity contribution in [2.75, 3.05) is 25.0 Å². The second kappa shape index (κ2) is 16.9. The molecule has 4 heterocycles. The lowest BCUT2D eigenvalue weighted by Gasteiger charge is -2.30. The topological polar surface area (TPSA) is 178 Å². The van der Waals surface area contributed by atoms with Gasteiger partial charge in [0.2, 0.25) is 5.91 Å². The summed E-state index contributed by atoms with van der Waals surface area (Å²) in [5.41, 5.74) is 0.599. The highest BCUT2D eigenvalue weighted by atomic mass is 19.1. The van der Waals surface area contributed by atoms with E-state index < -0.39 is 60.1 Å². The van der Waals surface area contributed by atoms with Gasteiger partial charge in [-0.05, 0) is 25.8 Å². The number of aromatic nitrogens is 3. The Balaban J connectivity index is 1.54. The molecule has 2 aromatic heterocycles. The van der Waals surface area contributed by atoms with Crippen LogP contribution in [0.2, 0.25) is 0 Å². The second-order valence-corrected chi connectivity index (χ2v) is 12.1. The Hall–Kier alpha value is -4.79. The van der Waals surface area contributed by atoms with Crippen molar-refractivity contribution < 1.29 is 42.6 Å². The maximum atomic E-state index is 14.8. The number of aliphatic hydroxyl groups is 1. The fourth-order valence-electron chi connectivity index (χ4n) is 5.56. The van der Waals surface area contributed by atoms with E-state index in [0.717, 1.165) is 6.26 Å². The first-order chi connectivity index (χ1) is 22.9. The first-order valence-corrected chi connectivity index (χ1v) is 15.9. The standard InChI is InChI=1S/C33H43FN6O8/c1-20-7-5-12-35-28(42)10-9-21(2)30(22(3)18-47-33(45)37-27-11-14-39(4)38-27)48-32(44)26-8-6-13-40(26)31(43)25-19-46-29(36-25)17-23(34)16-24(41)15-20/h5,7,9-11,14-15,19,21-24,26,30,41H,6,8,12-13,16-18H2,1-4H3,(H,35,42)(H,37,38,45)/b7-5?,10-9+,20-15?/t21-,22-,23-,24-,26-,30+/m1/s1. The molecule has 3 N–H and O–H groups in total. The Morgan fingerprint density at radius 1 is 1.29 bits per heavy atom. The number of alkyl halides is 1. The number of amides is 3. The summed E-state index contributed by atoms with van der Waals surface area (Å²) in [7, 11) is 1.71. The molecule has 2 aliphatic heterocycles. The number of fused-ring (bicyclic) bond motifs is 3. The molecule has 260 valence electrons. The lowest BCUT2D eigenvalue weighted by Crippen LogP contribution is -2.44. The maximum Gasteiger partial charge on any atom is 0.412 e. The van der Waals surface area contributed by atoms with E-state index in [9.17, 15) is 28.7 Å².